The van der Waals surface area contributed by atoms with Gasteiger partial charge in [0.05, 0.1) is 5.02 Å². The van der Waals surface area contributed by atoms with Crippen molar-refractivity contribution in [3.8, 4) is 10.4 Å². The topological polar surface area (TPSA) is 66.8 Å². The van der Waals surface area contributed by atoms with Gasteiger partial charge in [-0.1, -0.05) is 67.1 Å². The highest BCUT2D eigenvalue weighted by Gasteiger charge is 2.52. The molecule has 2 heterocycles. The van der Waals surface area contributed by atoms with Crippen molar-refractivity contribution in [1.29, 1.82) is 0 Å². The largest absolute Gasteiger partial charge is 0.504 e. The van der Waals surface area contributed by atoms with E-state index in [0.29, 0.717) is 16.1 Å². The number of cyclic esters (lactones) is 1. The number of thiophene rings is 1. The van der Waals surface area contributed by atoms with Crippen LogP contribution < -0.4 is 0 Å². The summed E-state index contributed by atoms with van der Waals surface area (Å²) in [5.74, 6) is -2.22. The number of aryl methyl sites for hydroxylation is 1. The Kier molecular flexibility index (Phi) is 4.65. The molecule has 4 rings (SSSR count). The van der Waals surface area contributed by atoms with Gasteiger partial charge in [-0.25, -0.2) is 4.79 Å². The lowest BCUT2D eigenvalue weighted by atomic mass is 9.83. The molecule has 6 heteroatoms. The number of hydrogen-bond donors (Lipinski definition) is 2. The van der Waals surface area contributed by atoms with E-state index in [4.69, 9.17) is 16.3 Å². The number of aliphatic hydroxyl groups is 2. The van der Waals surface area contributed by atoms with Crippen LogP contribution in [0.3, 0.4) is 0 Å². The van der Waals surface area contributed by atoms with Crippen molar-refractivity contribution < 1.29 is 19.7 Å². The fraction of sp³-hybridized carbons (Fsp3) is 0.136. The van der Waals surface area contributed by atoms with E-state index >= 15 is 0 Å². The summed E-state index contributed by atoms with van der Waals surface area (Å²) in [6, 6.07) is 16.4. The van der Waals surface area contributed by atoms with Crippen LogP contribution in [-0.4, -0.2) is 16.2 Å². The molecule has 2 N–H and O–H groups in total. The minimum atomic E-state index is -1.57. The van der Waals surface area contributed by atoms with Crippen LogP contribution in [0, 0.1) is 0 Å². The Morgan fingerprint density at radius 2 is 1.82 bits per heavy atom. The van der Waals surface area contributed by atoms with Crippen LogP contribution in [0.1, 0.15) is 23.6 Å². The summed E-state index contributed by atoms with van der Waals surface area (Å²) in [6.45, 7) is 2.03. The molecule has 2 aromatic carbocycles. The molecule has 1 aliphatic rings. The Labute approximate surface area is 171 Å². The average Bonchev–Trinajstić information content (AvgIpc) is 3.25. The molecule has 0 spiro atoms. The van der Waals surface area contributed by atoms with E-state index in [1.807, 2.05) is 36.6 Å². The first kappa shape index (κ1) is 18.6. The summed E-state index contributed by atoms with van der Waals surface area (Å²) in [4.78, 5) is 13.1. The number of halogens is 1. The van der Waals surface area contributed by atoms with Gasteiger partial charge in [-0.15, -0.1) is 11.3 Å². The van der Waals surface area contributed by atoms with Gasteiger partial charge in [-0.2, -0.15) is 0 Å². The molecule has 3 aromatic rings. The summed E-state index contributed by atoms with van der Waals surface area (Å²) in [5.41, 5.74) is 1.60. The van der Waals surface area contributed by atoms with Crippen LogP contribution in [0.2, 0.25) is 5.02 Å². The molecular formula is C22H17ClO4S. The van der Waals surface area contributed by atoms with Gasteiger partial charge in [0.1, 0.15) is 0 Å². The Bertz CT molecular complexity index is 1090. The molecule has 0 saturated heterocycles. The van der Waals surface area contributed by atoms with E-state index in [1.54, 1.807) is 41.7 Å². The number of benzene rings is 2. The molecule has 0 saturated carbocycles. The van der Waals surface area contributed by atoms with Crippen LogP contribution in [0.5, 0.6) is 0 Å². The first-order valence-electron chi connectivity index (χ1n) is 8.76. The normalized spacial score (nSPS) is 19.1. The summed E-state index contributed by atoms with van der Waals surface area (Å²) < 4.78 is 5.56. The monoisotopic (exact) mass is 412 g/mol. The predicted molar refractivity (Wildman–Crippen MR) is 110 cm³/mol. The zero-order chi connectivity index (χ0) is 19.9. The van der Waals surface area contributed by atoms with Gasteiger partial charge < -0.3 is 14.9 Å². The van der Waals surface area contributed by atoms with Gasteiger partial charge in [0, 0.05) is 21.4 Å². The van der Waals surface area contributed by atoms with Gasteiger partial charge in [-0.05, 0) is 23.6 Å². The van der Waals surface area contributed by atoms with E-state index in [2.05, 4.69) is 0 Å². The number of aliphatic hydroxyl groups excluding tert-OH is 2. The zero-order valence-electron chi connectivity index (χ0n) is 15.0. The molecule has 0 radical (unpaired) electrons. The molecule has 1 atom stereocenters. The molecule has 1 aromatic heterocycles. The summed E-state index contributed by atoms with van der Waals surface area (Å²) >= 11 is 7.63. The number of esters is 1. The van der Waals surface area contributed by atoms with Crippen molar-refractivity contribution in [2.24, 2.45) is 0 Å². The molecule has 28 heavy (non-hydrogen) atoms. The summed E-state index contributed by atoms with van der Waals surface area (Å²) in [6.07, 6.45) is 0.730. The van der Waals surface area contributed by atoms with Crippen molar-refractivity contribution in [2.75, 3.05) is 0 Å². The Morgan fingerprint density at radius 3 is 2.39 bits per heavy atom. The second-order valence-corrected chi connectivity index (χ2v) is 7.84. The standard InChI is InChI=1S/C22H17ClO4S/c1-2-13-10-15(8-9-17(13)18-11-16(23)12-28-18)22(14-6-4-3-5-7-14)20(25)19(24)21(26)27-22/h3-12,24-25H,2H2,1H3. The third-order valence-electron chi connectivity index (χ3n) is 4.90. The number of carbonyl (C=O) groups is 1. The highest BCUT2D eigenvalue weighted by atomic mass is 35.5. The predicted octanol–water partition coefficient (Wildman–Crippen LogP) is 5.76. The molecule has 0 bridgehead atoms. The number of ether oxygens (including phenoxy) is 1. The van der Waals surface area contributed by atoms with E-state index in [0.717, 1.165) is 22.4 Å². The van der Waals surface area contributed by atoms with Crippen LogP contribution >= 0.6 is 22.9 Å². The first-order valence-corrected chi connectivity index (χ1v) is 10.0. The lowest BCUT2D eigenvalue weighted by Gasteiger charge is -2.29. The second kappa shape index (κ2) is 7.00. The quantitative estimate of drug-likeness (QED) is 0.534. The van der Waals surface area contributed by atoms with Gasteiger partial charge in [0.2, 0.25) is 11.4 Å². The van der Waals surface area contributed by atoms with Crippen LogP contribution in [0.25, 0.3) is 10.4 Å². The fourth-order valence-corrected chi connectivity index (χ4v) is 4.67. The summed E-state index contributed by atoms with van der Waals surface area (Å²) in [5, 5.41) is 23.3. The van der Waals surface area contributed by atoms with Crippen LogP contribution in [0.15, 0.2) is 71.5 Å². The molecule has 1 unspecified atom stereocenters. The highest BCUT2D eigenvalue weighted by Crippen LogP contribution is 2.46. The van der Waals surface area contributed by atoms with Crippen molar-refractivity contribution in [3.05, 3.63) is 93.2 Å². The van der Waals surface area contributed by atoms with Gasteiger partial charge >= 0.3 is 5.97 Å². The lowest BCUT2D eigenvalue weighted by molar-refractivity contribution is -0.147. The molecule has 0 amide bonds. The third kappa shape index (κ3) is 2.79. The summed E-state index contributed by atoms with van der Waals surface area (Å²) in [7, 11) is 0. The molecule has 0 aliphatic carbocycles. The fourth-order valence-electron chi connectivity index (χ4n) is 3.53. The molecule has 4 nitrogen and oxygen atoms in total. The maximum absolute atomic E-state index is 12.1. The van der Waals surface area contributed by atoms with Crippen molar-refractivity contribution in [1.82, 2.24) is 0 Å². The van der Waals surface area contributed by atoms with Crippen LogP contribution in [-0.2, 0) is 21.6 Å². The van der Waals surface area contributed by atoms with E-state index in [1.165, 1.54) is 0 Å². The van der Waals surface area contributed by atoms with E-state index < -0.39 is 23.1 Å². The Morgan fingerprint density at radius 1 is 1.07 bits per heavy atom. The average molecular weight is 413 g/mol. The highest BCUT2D eigenvalue weighted by molar-refractivity contribution is 7.14. The Balaban J connectivity index is 1.93. The number of hydrogen-bond acceptors (Lipinski definition) is 5. The third-order valence-corrected chi connectivity index (χ3v) is 6.21. The molecular weight excluding hydrogens is 396 g/mol. The van der Waals surface area contributed by atoms with Gasteiger partial charge in [0.25, 0.3) is 0 Å². The first-order chi connectivity index (χ1) is 13.5. The van der Waals surface area contributed by atoms with Gasteiger partial charge in [-0.3, -0.25) is 0 Å². The van der Waals surface area contributed by atoms with Gasteiger partial charge in [0.15, 0.2) is 5.76 Å². The van der Waals surface area contributed by atoms with Crippen molar-refractivity contribution >= 4 is 28.9 Å². The molecule has 142 valence electrons. The SMILES string of the molecule is CCc1cc(C2(c3ccccc3)OC(=O)C(O)=C2O)ccc1-c1cc(Cl)cs1. The lowest BCUT2D eigenvalue weighted by Crippen LogP contribution is -2.31. The van der Waals surface area contributed by atoms with Crippen molar-refractivity contribution in [3.63, 3.8) is 0 Å². The minimum absolute atomic E-state index is 0.502. The minimum Gasteiger partial charge on any atom is -0.504 e. The van der Waals surface area contributed by atoms with Crippen LogP contribution in [0.4, 0.5) is 0 Å². The van der Waals surface area contributed by atoms with Crippen molar-refractivity contribution in [2.45, 2.75) is 18.9 Å². The Hall–Kier alpha value is -2.76. The number of rotatable bonds is 4. The maximum Gasteiger partial charge on any atom is 0.378 e. The smallest absolute Gasteiger partial charge is 0.378 e. The zero-order valence-corrected chi connectivity index (χ0v) is 16.6. The van der Waals surface area contributed by atoms with E-state index in [9.17, 15) is 15.0 Å². The maximum atomic E-state index is 12.1. The molecule has 0 fully saturated rings. The molecule has 1 aliphatic heterocycles. The second-order valence-electron chi connectivity index (χ2n) is 6.49. The van der Waals surface area contributed by atoms with E-state index in [-0.39, 0.29) is 0 Å². The number of carbonyl (C=O) groups excluding carboxylic acids is 1.